The average Bonchev–Trinajstić information content (AvgIpc) is 1.67. The summed E-state index contributed by atoms with van der Waals surface area (Å²) in [6, 6.07) is 20.5. The van der Waals surface area contributed by atoms with Crippen molar-refractivity contribution in [1.29, 1.82) is 0 Å². The van der Waals surface area contributed by atoms with Gasteiger partial charge in [-0.2, -0.15) is 0 Å². The monoisotopic (exact) mass is 1500 g/mol. The number of pyridine rings is 7. The highest BCUT2D eigenvalue weighted by Gasteiger charge is 2.32. The number of anilines is 2. The van der Waals surface area contributed by atoms with Gasteiger partial charge in [-0.1, -0.05) is 56.0 Å². The molecule has 6 aliphatic rings. The summed E-state index contributed by atoms with van der Waals surface area (Å²) in [5.74, 6) is 0.155. The molecular weight excluding hydrogens is 1400 g/mol. The number of carbonyl (C=O) groups excluding carboxylic acids is 3. The lowest BCUT2D eigenvalue weighted by molar-refractivity contribution is 0.0541. The molecule has 2 saturated carbocycles. The molecule has 4 aliphatic carbocycles. The first-order valence-corrected chi connectivity index (χ1v) is 37.6. The Morgan fingerprint density at radius 1 is 0.523 bits per heavy atom. The second-order valence-electron chi connectivity index (χ2n) is 30.1. The number of carbonyl (C=O) groups is 4. The molecule has 2 amide bonds. The van der Waals surface area contributed by atoms with Crippen LogP contribution in [-0.4, -0.2) is 132 Å². The van der Waals surface area contributed by atoms with Gasteiger partial charge in [-0.25, -0.2) is 33.7 Å². The van der Waals surface area contributed by atoms with Gasteiger partial charge in [0.05, 0.1) is 89.4 Å². The van der Waals surface area contributed by atoms with E-state index in [0.29, 0.717) is 63.3 Å². The molecule has 578 valence electrons. The predicted octanol–water partition coefficient (Wildman–Crippen LogP) is 12.6. The fourth-order valence-corrected chi connectivity index (χ4v) is 13.4. The number of carboxylic acids is 1. The van der Waals surface area contributed by atoms with E-state index in [1.54, 1.807) is 45.5 Å². The van der Waals surface area contributed by atoms with Crippen LogP contribution in [0, 0.1) is 0 Å². The van der Waals surface area contributed by atoms with Gasteiger partial charge in [-0.15, -0.1) is 10.2 Å². The Morgan fingerprint density at radius 2 is 1.02 bits per heavy atom. The highest BCUT2D eigenvalue weighted by atomic mass is 16.6. The standard InChI is InChI=1S/C22H22N8O.C14H13N5O2.C14H20N2O2.C14H18N2O2.C9H12N2.C9H10N2.CH4/c23-8-17-7-15-5-6-30(20(15)9-24-17)22(31)19-13-29(27-26-19)12-18-11-28-10-16(14-1-2-14)3-4-21(28)25-18;20-14(21)12-8-19(17-16-12)7-11-6-18-5-10(9-1-2-9)3-4-13(18)15-11;2*1-5-11-8-10-6-7-16(12(10)9-15-11)13(17)18-14(2,3)4;2*10-5-9-4-7-2-1-3-8(7)6-11-9;/h3-4,7,9-11,13-14H,1-2,5-6,8,12,23H2;3-6,8-9H,1-2,7H2,(H,20,21);8-9H,5-7H2,1-4H3;6-9H,5H2,1-4H3;4,6H,1-3,5,10H2;1-2,4,6H,3,5,10H2;1H4. The number of fused-ring (bicyclic) bond motifs is 7. The Bertz CT molecular complexity index is 5350. The zero-order chi connectivity index (χ0) is 77.4. The van der Waals surface area contributed by atoms with Gasteiger partial charge in [-0.3, -0.25) is 39.2 Å². The minimum Gasteiger partial charge on any atom is -0.476 e. The summed E-state index contributed by atoms with van der Waals surface area (Å²) in [6.07, 6.45) is 39.0. The van der Waals surface area contributed by atoms with E-state index >= 15 is 0 Å². The van der Waals surface area contributed by atoms with E-state index in [1.807, 2.05) is 95.0 Å². The first kappa shape index (κ1) is 78.8. The van der Waals surface area contributed by atoms with Crippen molar-refractivity contribution in [2.45, 2.75) is 196 Å². The molecule has 18 rings (SSSR count). The van der Waals surface area contributed by atoms with Crippen LogP contribution >= 0.6 is 0 Å². The number of aromatic nitrogens is 16. The number of hydrogen-bond acceptors (Lipinski definition) is 20. The summed E-state index contributed by atoms with van der Waals surface area (Å²) in [7, 11) is 0. The molecule has 14 heterocycles. The van der Waals surface area contributed by atoms with Crippen LogP contribution in [0.1, 0.15) is 212 Å². The van der Waals surface area contributed by atoms with E-state index in [-0.39, 0.29) is 31.2 Å². The van der Waals surface area contributed by atoms with Gasteiger partial charge >= 0.3 is 18.2 Å². The Kier molecular flexibility index (Phi) is 24.5. The van der Waals surface area contributed by atoms with E-state index in [0.717, 1.165) is 111 Å². The number of nitrogens with zero attached hydrogens (tertiary/aromatic N) is 18. The number of allylic oxidation sites excluding steroid dienone is 1. The summed E-state index contributed by atoms with van der Waals surface area (Å²) in [5.41, 5.74) is 37.3. The van der Waals surface area contributed by atoms with Crippen molar-refractivity contribution in [3.05, 3.63) is 237 Å². The van der Waals surface area contributed by atoms with E-state index in [2.05, 4.69) is 135 Å². The average molecular weight is 1500 g/mol. The Labute approximate surface area is 645 Å². The second kappa shape index (κ2) is 34.4. The lowest BCUT2D eigenvalue weighted by Crippen LogP contribution is -2.35. The van der Waals surface area contributed by atoms with Crippen LogP contribution in [-0.2, 0) is 87.1 Å². The van der Waals surface area contributed by atoms with Crippen LogP contribution in [0.15, 0.2) is 141 Å². The van der Waals surface area contributed by atoms with Crippen LogP contribution in [0.4, 0.5) is 21.0 Å². The van der Waals surface area contributed by atoms with Gasteiger partial charge in [0.15, 0.2) is 11.4 Å². The molecule has 0 atom stereocenters. The van der Waals surface area contributed by atoms with Crippen molar-refractivity contribution in [3.63, 3.8) is 0 Å². The topological polar surface area (TPSA) is 357 Å². The number of imidazole rings is 2. The van der Waals surface area contributed by atoms with Gasteiger partial charge in [0, 0.05) is 92.9 Å². The molecule has 0 spiro atoms. The van der Waals surface area contributed by atoms with E-state index in [1.165, 1.54) is 99.3 Å². The third-order valence-electron chi connectivity index (χ3n) is 19.3. The first-order chi connectivity index (χ1) is 53.0. The maximum Gasteiger partial charge on any atom is 0.419 e. The zero-order valence-corrected chi connectivity index (χ0v) is 63.6. The lowest BCUT2D eigenvalue weighted by atomic mass is 10.1. The highest BCUT2D eigenvalue weighted by Crippen LogP contribution is 2.41. The number of carboxylic acid groups (broad SMARTS) is 1. The largest absolute Gasteiger partial charge is 0.476 e. The number of rotatable bonds is 13. The Balaban J connectivity index is 0.000000128. The lowest BCUT2D eigenvalue weighted by Gasteiger charge is -2.24. The minimum atomic E-state index is -1.08. The van der Waals surface area contributed by atoms with Gasteiger partial charge < -0.3 is 45.5 Å². The summed E-state index contributed by atoms with van der Waals surface area (Å²) in [4.78, 5) is 81.8. The van der Waals surface area contributed by atoms with Crippen LogP contribution < -0.4 is 27.0 Å². The SMILES string of the molecule is C.CCc1cc2c(cn1)N(C(=O)OC(C)(C)C)CC2.CCc1cc2ccn(C(=O)OC(C)(C)C)c2cn1.NCc1cc2c(cn1)CC=C2.NCc1cc2c(cn1)CCC2.NCc1cc2c(cn1)N(C(=O)c1cn(Cc3cn4cc(C5CC5)ccc4n3)nn1)CC2.O=C(O)c1cn(Cc2cn3cc(C4CC4)ccc3n2)nn1. The van der Waals surface area contributed by atoms with Gasteiger partial charge in [-0.05, 0) is 223 Å². The molecule has 0 radical (unpaired) electrons. The van der Waals surface area contributed by atoms with Crippen molar-refractivity contribution in [1.82, 2.24) is 78.2 Å². The van der Waals surface area contributed by atoms with Gasteiger partial charge in [0.25, 0.3) is 5.91 Å². The van der Waals surface area contributed by atoms with E-state index < -0.39 is 17.2 Å². The van der Waals surface area contributed by atoms with E-state index in [4.69, 9.17) is 31.8 Å². The number of nitrogens with two attached hydrogens (primary N) is 3. The molecule has 2 fully saturated rings. The summed E-state index contributed by atoms with van der Waals surface area (Å²) in [5, 5.41) is 25.5. The smallest absolute Gasteiger partial charge is 0.419 e. The van der Waals surface area contributed by atoms with Crippen molar-refractivity contribution < 1.29 is 33.8 Å². The molecule has 28 heteroatoms. The van der Waals surface area contributed by atoms with E-state index in [9.17, 15) is 19.2 Å². The maximum absolute atomic E-state index is 13.0. The quantitative estimate of drug-likeness (QED) is 0.0833. The highest BCUT2D eigenvalue weighted by molar-refractivity contribution is 6.05. The van der Waals surface area contributed by atoms with Crippen LogP contribution in [0.2, 0.25) is 0 Å². The third kappa shape index (κ3) is 19.8. The molecule has 0 unspecified atom stereocenters. The molecule has 0 saturated heterocycles. The molecule has 111 heavy (non-hydrogen) atoms. The van der Waals surface area contributed by atoms with Crippen molar-refractivity contribution in [2.75, 3.05) is 22.9 Å². The first-order valence-electron chi connectivity index (χ1n) is 37.6. The fourth-order valence-electron chi connectivity index (χ4n) is 13.4. The molecule has 7 N–H and O–H groups in total. The van der Waals surface area contributed by atoms with Gasteiger partial charge in [0.2, 0.25) is 0 Å². The van der Waals surface area contributed by atoms with Crippen molar-refractivity contribution >= 4 is 63.7 Å². The minimum absolute atomic E-state index is 0. The van der Waals surface area contributed by atoms with Crippen LogP contribution in [0.25, 0.3) is 28.3 Å². The fraction of sp³-hybridized carbons (Fsp3) is 0.386. The van der Waals surface area contributed by atoms with Crippen molar-refractivity contribution in [3.8, 4) is 0 Å². The van der Waals surface area contributed by atoms with Crippen molar-refractivity contribution in [2.24, 2.45) is 17.2 Å². The molecular formula is C83H99N21O7. The van der Waals surface area contributed by atoms with Gasteiger partial charge in [0.1, 0.15) is 22.5 Å². The molecule has 0 aromatic carbocycles. The summed E-state index contributed by atoms with van der Waals surface area (Å²) in [6.45, 7) is 18.9. The molecule has 0 bridgehead atoms. The normalized spacial score (nSPS) is 14.2. The second-order valence-corrected chi connectivity index (χ2v) is 30.1. The Hall–Kier alpha value is -11.8. The summed E-state index contributed by atoms with van der Waals surface area (Å²) < 4.78 is 19.4. The number of amides is 2. The number of aryl methyl sites for hydroxylation is 4. The summed E-state index contributed by atoms with van der Waals surface area (Å²) >= 11 is 0. The third-order valence-corrected chi connectivity index (χ3v) is 19.3. The number of hydrogen-bond donors (Lipinski definition) is 4. The molecule has 12 aromatic heterocycles. The maximum atomic E-state index is 13.0. The van der Waals surface area contributed by atoms with Crippen LogP contribution in [0.5, 0.6) is 0 Å². The predicted molar refractivity (Wildman–Crippen MR) is 424 cm³/mol. The molecule has 28 nitrogen and oxygen atoms in total. The number of ether oxygens (including phenoxy) is 2. The molecule has 12 aromatic rings. The molecule has 2 aliphatic heterocycles. The Morgan fingerprint density at radius 3 is 1.59 bits per heavy atom. The number of aromatic carboxylic acids is 1. The zero-order valence-electron chi connectivity index (χ0n) is 63.6. The van der Waals surface area contributed by atoms with Crippen LogP contribution in [0.3, 0.4) is 0 Å².